The van der Waals surface area contributed by atoms with Crippen LogP contribution < -0.4 is 9.46 Å². The van der Waals surface area contributed by atoms with E-state index in [1.54, 1.807) is 24.3 Å². The Balaban J connectivity index is 1.75. The van der Waals surface area contributed by atoms with Crippen LogP contribution in [0.5, 0.6) is 5.75 Å². The lowest BCUT2D eigenvalue weighted by molar-refractivity contribution is 0.413. The number of nitrogens with zero attached hydrogens (tertiary/aromatic N) is 2. The van der Waals surface area contributed by atoms with Crippen molar-refractivity contribution in [3.8, 4) is 17.2 Å². The van der Waals surface area contributed by atoms with Crippen LogP contribution in [0.15, 0.2) is 57.8 Å². The van der Waals surface area contributed by atoms with Gasteiger partial charge in [-0.3, -0.25) is 0 Å². The molecule has 0 fully saturated rings. The molecule has 0 spiro atoms. The van der Waals surface area contributed by atoms with Crippen LogP contribution in [0, 0.1) is 5.82 Å². The number of ether oxygens (including phenoxy) is 1. The molecule has 0 amide bonds. The summed E-state index contributed by atoms with van der Waals surface area (Å²) in [7, 11) is -2.29. The molecule has 0 atom stereocenters. The second kappa shape index (κ2) is 6.99. The Morgan fingerprint density at radius 3 is 2.56 bits per heavy atom. The summed E-state index contributed by atoms with van der Waals surface area (Å²) in [6.07, 6.45) is 0. The summed E-state index contributed by atoms with van der Waals surface area (Å²) in [6, 6.07) is 11.6. The molecule has 0 saturated heterocycles. The van der Waals surface area contributed by atoms with Gasteiger partial charge in [0.25, 0.3) is 5.89 Å². The number of nitrogens with one attached hydrogen (secondary N) is 1. The molecular weight excluding hydrogens is 349 g/mol. The van der Waals surface area contributed by atoms with E-state index in [1.165, 1.54) is 19.2 Å². The van der Waals surface area contributed by atoms with Crippen molar-refractivity contribution in [3.63, 3.8) is 0 Å². The molecule has 1 aromatic heterocycles. The molecule has 0 saturated carbocycles. The minimum atomic E-state index is -3.81. The number of para-hydroxylation sites is 1. The second-order valence-corrected chi connectivity index (χ2v) is 6.75. The summed E-state index contributed by atoms with van der Waals surface area (Å²) in [4.78, 5) is -0.0571. The molecular formula is C16H14FN3O4S. The molecule has 9 heteroatoms. The average molecular weight is 363 g/mol. The van der Waals surface area contributed by atoms with Gasteiger partial charge >= 0.3 is 0 Å². The molecule has 0 unspecified atom stereocenters. The van der Waals surface area contributed by atoms with Crippen molar-refractivity contribution in [1.82, 2.24) is 14.9 Å². The summed E-state index contributed by atoms with van der Waals surface area (Å²) in [5.41, 5.74) is 0.602. The molecule has 7 nitrogen and oxygen atoms in total. The highest BCUT2D eigenvalue weighted by Gasteiger charge is 2.17. The maximum atomic E-state index is 12.9. The number of aromatic nitrogens is 2. The summed E-state index contributed by atoms with van der Waals surface area (Å²) in [6.45, 7) is -0.193. The van der Waals surface area contributed by atoms with Crippen LogP contribution in [-0.2, 0) is 16.6 Å². The van der Waals surface area contributed by atoms with Gasteiger partial charge in [0.2, 0.25) is 15.9 Å². The predicted octanol–water partition coefficient (Wildman–Crippen LogP) is 2.36. The van der Waals surface area contributed by atoms with Crippen molar-refractivity contribution in [2.45, 2.75) is 11.4 Å². The summed E-state index contributed by atoms with van der Waals surface area (Å²) < 4.78 is 50.2. The van der Waals surface area contributed by atoms with Gasteiger partial charge in [-0.15, -0.1) is 10.2 Å². The van der Waals surface area contributed by atoms with Crippen molar-refractivity contribution in [1.29, 1.82) is 0 Å². The molecule has 3 aromatic rings. The van der Waals surface area contributed by atoms with E-state index >= 15 is 0 Å². The van der Waals surface area contributed by atoms with E-state index in [4.69, 9.17) is 9.15 Å². The molecule has 0 aliphatic carbocycles. The number of methoxy groups -OCH3 is 1. The van der Waals surface area contributed by atoms with Crippen LogP contribution in [0.2, 0.25) is 0 Å². The number of hydrogen-bond acceptors (Lipinski definition) is 6. The number of hydrogen-bond donors (Lipinski definition) is 1. The minimum absolute atomic E-state index is 0.0571. The highest BCUT2D eigenvalue weighted by atomic mass is 32.2. The summed E-state index contributed by atoms with van der Waals surface area (Å²) in [5.74, 6) is 0.349. The fraction of sp³-hybridized carbons (Fsp3) is 0.125. The molecule has 0 aliphatic rings. The first-order valence-electron chi connectivity index (χ1n) is 7.20. The maximum absolute atomic E-state index is 12.9. The molecule has 1 N–H and O–H groups in total. The van der Waals surface area contributed by atoms with E-state index in [-0.39, 0.29) is 23.2 Å². The van der Waals surface area contributed by atoms with E-state index in [1.807, 2.05) is 0 Å². The van der Waals surface area contributed by atoms with Crippen molar-refractivity contribution >= 4 is 10.0 Å². The predicted molar refractivity (Wildman–Crippen MR) is 86.7 cm³/mol. The Kier molecular flexibility index (Phi) is 4.77. The minimum Gasteiger partial charge on any atom is -0.496 e. The third-order valence-electron chi connectivity index (χ3n) is 3.34. The number of halogens is 1. The van der Waals surface area contributed by atoms with Gasteiger partial charge < -0.3 is 9.15 Å². The first-order chi connectivity index (χ1) is 12.0. The Hall–Kier alpha value is -2.78. The third-order valence-corrected chi connectivity index (χ3v) is 4.76. The molecule has 25 heavy (non-hydrogen) atoms. The highest BCUT2D eigenvalue weighted by molar-refractivity contribution is 7.89. The molecule has 1 heterocycles. The molecule has 3 rings (SSSR count). The second-order valence-electron chi connectivity index (χ2n) is 4.98. The number of benzene rings is 2. The van der Waals surface area contributed by atoms with Gasteiger partial charge in [-0.05, 0) is 36.4 Å². The van der Waals surface area contributed by atoms with Gasteiger partial charge in [-0.1, -0.05) is 12.1 Å². The van der Waals surface area contributed by atoms with Crippen LogP contribution in [-0.4, -0.2) is 25.7 Å². The van der Waals surface area contributed by atoms with Crippen LogP contribution in [0.3, 0.4) is 0 Å². The average Bonchev–Trinajstić information content (AvgIpc) is 3.09. The van der Waals surface area contributed by atoms with Gasteiger partial charge in [0, 0.05) is 0 Å². The van der Waals surface area contributed by atoms with E-state index < -0.39 is 15.8 Å². The van der Waals surface area contributed by atoms with Gasteiger partial charge in [0.1, 0.15) is 11.6 Å². The normalized spacial score (nSPS) is 11.4. The first kappa shape index (κ1) is 17.1. The Morgan fingerprint density at radius 1 is 1.12 bits per heavy atom. The third kappa shape index (κ3) is 3.83. The van der Waals surface area contributed by atoms with Gasteiger partial charge in [-0.2, -0.15) is 0 Å². The van der Waals surface area contributed by atoms with Gasteiger partial charge in [-0.25, -0.2) is 17.5 Å². The summed E-state index contributed by atoms with van der Waals surface area (Å²) in [5, 5.41) is 7.72. The fourth-order valence-corrected chi connectivity index (χ4v) is 3.08. The lowest BCUT2D eigenvalue weighted by atomic mass is 10.2. The molecule has 130 valence electrons. The van der Waals surface area contributed by atoms with Crippen molar-refractivity contribution < 1.29 is 22.0 Å². The molecule has 0 aliphatic heterocycles. The monoisotopic (exact) mass is 363 g/mol. The van der Waals surface area contributed by atoms with Crippen LogP contribution >= 0.6 is 0 Å². The Morgan fingerprint density at radius 2 is 1.84 bits per heavy atom. The standard InChI is InChI=1S/C16H14FN3O4S/c1-23-14-5-3-2-4-13(14)16-20-19-15(24-16)10-18-25(21,22)12-8-6-11(17)7-9-12/h2-9,18H,10H2,1H3. The smallest absolute Gasteiger partial charge is 0.251 e. The van der Waals surface area contributed by atoms with Crippen LogP contribution in [0.4, 0.5) is 4.39 Å². The zero-order valence-corrected chi connectivity index (χ0v) is 14.0. The largest absolute Gasteiger partial charge is 0.496 e. The van der Waals surface area contributed by atoms with E-state index in [0.717, 1.165) is 12.1 Å². The quantitative estimate of drug-likeness (QED) is 0.722. The first-order valence-corrected chi connectivity index (χ1v) is 8.69. The topological polar surface area (TPSA) is 94.3 Å². The van der Waals surface area contributed by atoms with E-state index in [2.05, 4.69) is 14.9 Å². The number of rotatable bonds is 6. The van der Waals surface area contributed by atoms with Gasteiger partial charge in [0.15, 0.2) is 0 Å². The van der Waals surface area contributed by atoms with Gasteiger partial charge in [0.05, 0.1) is 24.1 Å². The lowest BCUT2D eigenvalue weighted by Crippen LogP contribution is -2.23. The summed E-state index contributed by atoms with van der Waals surface area (Å²) >= 11 is 0. The fourth-order valence-electron chi connectivity index (χ4n) is 2.11. The zero-order chi connectivity index (χ0) is 17.9. The van der Waals surface area contributed by atoms with Crippen LogP contribution in [0.1, 0.15) is 5.89 Å². The van der Waals surface area contributed by atoms with E-state index in [9.17, 15) is 12.8 Å². The molecule has 2 aromatic carbocycles. The Labute approximate surface area is 143 Å². The van der Waals surface area contributed by atoms with E-state index in [0.29, 0.717) is 11.3 Å². The van der Waals surface area contributed by atoms with Crippen molar-refractivity contribution in [2.24, 2.45) is 0 Å². The van der Waals surface area contributed by atoms with Crippen molar-refractivity contribution in [2.75, 3.05) is 7.11 Å². The number of sulfonamides is 1. The van der Waals surface area contributed by atoms with Crippen LogP contribution in [0.25, 0.3) is 11.5 Å². The lowest BCUT2D eigenvalue weighted by Gasteiger charge is -2.05. The highest BCUT2D eigenvalue weighted by Crippen LogP contribution is 2.28. The zero-order valence-electron chi connectivity index (χ0n) is 13.1. The molecule has 0 bridgehead atoms. The molecule has 0 radical (unpaired) electrons. The van der Waals surface area contributed by atoms with Crippen molar-refractivity contribution in [3.05, 3.63) is 60.2 Å². The maximum Gasteiger partial charge on any atom is 0.251 e. The Bertz CT molecular complexity index is 971. The SMILES string of the molecule is COc1ccccc1-c1nnc(CNS(=O)(=O)c2ccc(F)cc2)o1.